The first kappa shape index (κ1) is 16.0. The Bertz CT molecular complexity index is 424. The van der Waals surface area contributed by atoms with Crippen molar-refractivity contribution in [1.82, 2.24) is 10.2 Å². The van der Waals surface area contributed by atoms with Gasteiger partial charge in [0.2, 0.25) is 5.91 Å². The molecule has 0 bridgehead atoms. The third-order valence-electron chi connectivity index (χ3n) is 4.42. The zero-order valence-corrected chi connectivity index (χ0v) is 13.3. The van der Waals surface area contributed by atoms with E-state index in [1.54, 1.807) is 0 Å². The summed E-state index contributed by atoms with van der Waals surface area (Å²) in [4.78, 5) is 14.4. The molecule has 0 spiro atoms. The lowest BCUT2D eigenvalue weighted by atomic mass is 9.90. The maximum Gasteiger partial charge on any atom is 0.226 e. The minimum Gasteiger partial charge on any atom is -0.342 e. The van der Waals surface area contributed by atoms with Crippen molar-refractivity contribution in [2.24, 2.45) is 11.8 Å². The molecule has 21 heavy (non-hydrogen) atoms. The van der Waals surface area contributed by atoms with E-state index in [2.05, 4.69) is 47.5 Å². The molecule has 1 aliphatic rings. The summed E-state index contributed by atoms with van der Waals surface area (Å²) in [5.74, 6) is 1.13. The Balaban J connectivity index is 1.76. The summed E-state index contributed by atoms with van der Waals surface area (Å²) in [5.41, 5.74) is 1.42. The molecule has 1 aromatic rings. The summed E-state index contributed by atoms with van der Waals surface area (Å²) in [6.07, 6.45) is 3.42. The molecule has 1 heterocycles. The lowest BCUT2D eigenvalue weighted by Crippen LogP contribution is -2.43. The van der Waals surface area contributed by atoms with E-state index in [0.29, 0.717) is 5.91 Å². The van der Waals surface area contributed by atoms with E-state index in [9.17, 15) is 4.79 Å². The van der Waals surface area contributed by atoms with Gasteiger partial charge in [-0.2, -0.15) is 0 Å². The van der Waals surface area contributed by atoms with Gasteiger partial charge in [-0.3, -0.25) is 4.79 Å². The van der Waals surface area contributed by atoms with Crippen LogP contribution in [0, 0.1) is 11.8 Å². The number of rotatable bonds is 6. The number of hydrogen-bond acceptors (Lipinski definition) is 2. The second kappa shape index (κ2) is 8.18. The second-order valence-corrected chi connectivity index (χ2v) is 6.17. The molecule has 116 valence electrons. The van der Waals surface area contributed by atoms with Crippen molar-refractivity contribution in [1.29, 1.82) is 0 Å². The van der Waals surface area contributed by atoms with Crippen LogP contribution < -0.4 is 5.32 Å². The van der Waals surface area contributed by atoms with Gasteiger partial charge in [0.25, 0.3) is 0 Å². The Labute approximate surface area is 128 Å². The number of carbonyl (C=O) groups is 1. The highest BCUT2D eigenvalue weighted by atomic mass is 16.2. The molecule has 0 saturated carbocycles. The highest BCUT2D eigenvalue weighted by Gasteiger charge is 2.25. The van der Waals surface area contributed by atoms with Crippen LogP contribution in [0.25, 0.3) is 0 Å². The minimum absolute atomic E-state index is 0.0932. The van der Waals surface area contributed by atoms with Gasteiger partial charge in [-0.05, 0) is 37.3 Å². The number of hydrogen-bond donors (Lipinski definition) is 1. The van der Waals surface area contributed by atoms with Gasteiger partial charge in [0.1, 0.15) is 0 Å². The van der Waals surface area contributed by atoms with Gasteiger partial charge in [-0.1, -0.05) is 44.2 Å². The number of benzene rings is 1. The van der Waals surface area contributed by atoms with Crippen LogP contribution in [0.4, 0.5) is 0 Å². The lowest BCUT2D eigenvalue weighted by molar-refractivity contribution is -0.136. The fourth-order valence-corrected chi connectivity index (χ4v) is 3.06. The van der Waals surface area contributed by atoms with E-state index in [-0.39, 0.29) is 5.92 Å². The van der Waals surface area contributed by atoms with Gasteiger partial charge in [0, 0.05) is 25.6 Å². The third kappa shape index (κ3) is 4.85. The molecule has 1 aliphatic heterocycles. The number of nitrogens with one attached hydrogen (secondary N) is 1. The molecule has 3 nitrogen and oxygen atoms in total. The van der Waals surface area contributed by atoms with E-state index in [1.807, 2.05) is 6.92 Å². The summed E-state index contributed by atoms with van der Waals surface area (Å²) < 4.78 is 0. The Hall–Kier alpha value is -1.35. The molecule has 0 aromatic heterocycles. The Morgan fingerprint density at radius 2 is 1.95 bits per heavy atom. The van der Waals surface area contributed by atoms with Crippen LogP contribution in [0.5, 0.6) is 0 Å². The van der Waals surface area contributed by atoms with E-state index in [1.165, 1.54) is 5.56 Å². The molecule has 1 unspecified atom stereocenters. The predicted octanol–water partition coefficient (Wildman–Crippen LogP) is 2.71. The van der Waals surface area contributed by atoms with Crippen LogP contribution in [0.2, 0.25) is 0 Å². The Morgan fingerprint density at radius 1 is 1.29 bits per heavy atom. The molecular weight excluding hydrogens is 260 g/mol. The van der Waals surface area contributed by atoms with Crippen LogP contribution in [0.15, 0.2) is 30.3 Å². The largest absolute Gasteiger partial charge is 0.342 e. The molecule has 1 atom stereocenters. The highest BCUT2D eigenvalue weighted by molar-refractivity contribution is 5.78. The molecular formula is C18H28N2O. The van der Waals surface area contributed by atoms with E-state index >= 15 is 0 Å². The van der Waals surface area contributed by atoms with Crippen molar-refractivity contribution in [3.8, 4) is 0 Å². The van der Waals surface area contributed by atoms with Gasteiger partial charge in [0.15, 0.2) is 0 Å². The molecule has 1 saturated heterocycles. The van der Waals surface area contributed by atoms with Crippen molar-refractivity contribution >= 4 is 5.91 Å². The standard InChI is InChI=1S/C18H28N2O/c1-3-19-14-15(2)18(21)20-11-9-17(10-12-20)13-16-7-5-4-6-8-16/h4-8,15,17,19H,3,9-14H2,1-2H3. The second-order valence-electron chi connectivity index (χ2n) is 6.17. The first-order valence-corrected chi connectivity index (χ1v) is 8.24. The minimum atomic E-state index is 0.0932. The summed E-state index contributed by atoms with van der Waals surface area (Å²) in [5, 5.41) is 3.26. The molecule has 2 rings (SSSR count). The quantitative estimate of drug-likeness (QED) is 0.873. The molecule has 1 N–H and O–H groups in total. The number of carbonyl (C=O) groups excluding carboxylic acids is 1. The van der Waals surface area contributed by atoms with Crippen LogP contribution in [0.1, 0.15) is 32.3 Å². The average molecular weight is 288 g/mol. The topological polar surface area (TPSA) is 32.3 Å². The van der Waals surface area contributed by atoms with E-state index in [0.717, 1.165) is 51.4 Å². The van der Waals surface area contributed by atoms with Gasteiger partial charge in [0.05, 0.1) is 0 Å². The molecule has 1 fully saturated rings. The summed E-state index contributed by atoms with van der Waals surface area (Å²) >= 11 is 0. The first-order valence-electron chi connectivity index (χ1n) is 8.24. The van der Waals surface area contributed by atoms with Crippen LogP contribution >= 0.6 is 0 Å². The van der Waals surface area contributed by atoms with Gasteiger partial charge in [-0.25, -0.2) is 0 Å². The van der Waals surface area contributed by atoms with Crippen molar-refractivity contribution < 1.29 is 4.79 Å². The van der Waals surface area contributed by atoms with Crippen molar-refractivity contribution in [3.63, 3.8) is 0 Å². The maximum absolute atomic E-state index is 12.4. The Kier molecular flexibility index (Phi) is 6.24. The fraction of sp³-hybridized carbons (Fsp3) is 0.611. The summed E-state index contributed by atoms with van der Waals surface area (Å²) in [7, 11) is 0. The number of piperidine rings is 1. The summed E-state index contributed by atoms with van der Waals surface area (Å²) in [6.45, 7) is 7.67. The van der Waals surface area contributed by atoms with Gasteiger partial charge < -0.3 is 10.2 Å². The third-order valence-corrected chi connectivity index (χ3v) is 4.42. The maximum atomic E-state index is 12.4. The van der Waals surface area contributed by atoms with Crippen LogP contribution in [0.3, 0.4) is 0 Å². The van der Waals surface area contributed by atoms with Crippen molar-refractivity contribution in [2.45, 2.75) is 33.1 Å². The monoisotopic (exact) mass is 288 g/mol. The smallest absolute Gasteiger partial charge is 0.226 e. The number of amides is 1. The Morgan fingerprint density at radius 3 is 2.57 bits per heavy atom. The number of nitrogens with zero attached hydrogens (tertiary/aromatic N) is 1. The molecule has 1 aromatic carbocycles. The van der Waals surface area contributed by atoms with Crippen LogP contribution in [-0.4, -0.2) is 37.0 Å². The lowest BCUT2D eigenvalue weighted by Gasteiger charge is -2.33. The molecule has 1 amide bonds. The van der Waals surface area contributed by atoms with E-state index < -0.39 is 0 Å². The zero-order chi connectivity index (χ0) is 15.1. The molecule has 0 aliphatic carbocycles. The van der Waals surface area contributed by atoms with Crippen molar-refractivity contribution in [2.75, 3.05) is 26.2 Å². The predicted molar refractivity (Wildman–Crippen MR) is 87.2 cm³/mol. The SMILES string of the molecule is CCNCC(C)C(=O)N1CCC(Cc2ccccc2)CC1. The van der Waals surface area contributed by atoms with E-state index in [4.69, 9.17) is 0 Å². The fourth-order valence-electron chi connectivity index (χ4n) is 3.06. The number of likely N-dealkylation sites (tertiary alicyclic amines) is 1. The average Bonchev–Trinajstić information content (AvgIpc) is 2.53. The zero-order valence-electron chi connectivity index (χ0n) is 13.3. The normalized spacial score (nSPS) is 17.7. The first-order chi connectivity index (χ1) is 10.2. The van der Waals surface area contributed by atoms with Crippen molar-refractivity contribution in [3.05, 3.63) is 35.9 Å². The highest BCUT2D eigenvalue weighted by Crippen LogP contribution is 2.22. The molecule has 0 radical (unpaired) electrons. The molecule has 3 heteroatoms. The van der Waals surface area contributed by atoms with Gasteiger partial charge in [-0.15, -0.1) is 0 Å². The van der Waals surface area contributed by atoms with Crippen LogP contribution in [-0.2, 0) is 11.2 Å². The summed E-state index contributed by atoms with van der Waals surface area (Å²) in [6, 6.07) is 10.7. The van der Waals surface area contributed by atoms with Gasteiger partial charge >= 0.3 is 0 Å².